The lowest BCUT2D eigenvalue weighted by atomic mass is 10.2. The van der Waals surface area contributed by atoms with Crippen LogP contribution in [0.15, 0.2) is 54.6 Å². The van der Waals surface area contributed by atoms with Crippen molar-refractivity contribution < 1.29 is 14.3 Å². The van der Waals surface area contributed by atoms with Crippen molar-refractivity contribution in [2.45, 2.75) is 33.4 Å². The number of hydrogen-bond donors (Lipinski definition) is 1. The first-order valence-electron chi connectivity index (χ1n) is 8.30. The molecule has 1 N–H and O–H groups in total. The molecule has 5 nitrogen and oxygen atoms in total. The molecule has 5 heteroatoms. The monoisotopic (exact) mass is 340 g/mol. The Kier molecular flexibility index (Phi) is 6.57. The SMILES string of the molecule is CC(=O)N(CC(=O)Nc1ccccc1OC(C)C)Cc1ccccc1. The summed E-state index contributed by atoms with van der Waals surface area (Å²) in [6.07, 6.45) is 0.00449. The molecule has 0 saturated heterocycles. The number of anilines is 1. The van der Waals surface area contributed by atoms with E-state index in [9.17, 15) is 9.59 Å². The van der Waals surface area contributed by atoms with Gasteiger partial charge in [-0.05, 0) is 31.5 Å². The predicted octanol–water partition coefficient (Wildman–Crippen LogP) is 3.46. The van der Waals surface area contributed by atoms with Crippen LogP contribution in [0.1, 0.15) is 26.3 Å². The maximum Gasteiger partial charge on any atom is 0.244 e. The van der Waals surface area contributed by atoms with Crippen molar-refractivity contribution in [1.82, 2.24) is 4.90 Å². The molecule has 2 amide bonds. The molecule has 2 aromatic carbocycles. The average molecular weight is 340 g/mol. The summed E-state index contributed by atoms with van der Waals surface area (Å²) in [4.78, 5) is 25.8. The Hall–Kier alpha value is -2.82. The second-order valence-corrected chi connectivity index (χ2v) is 6.07. The summed E-state index contributed by atoms with van der Waals surface area (Å²) >= 11 is 0. The van der Waals surface area contributed by atoms with E-state index in [0.717, 1.165) is 5.56 Å². The van der Waals surface area contributed by atoms with E-state index in [1.54, 1.807) is 6.07 Å². The van der Waals surface area contributed by atoms with Crippen molar-refractivity contribution in [2.24, 2.45) is 0 Å². The molecule has 0 heterocycles. The van der Waals surface area contributed by atoms with E-state index < -0.39 is 0 Å². The molecule has 0 spiro atoms. The lowest BCUT2D eigenvalue weighted by molar-refractivity contribution is -0.133. The fraction of sp³-hybridized carbons (Fsp3) is 0.300. The zero-order valence-electron chi connectivity index (χ0n) is 14.9. The Labute approximate surface area is 148 Å². The van der Waals surface area contributed by atoms with Crippen molar-refractivity contribution in [3.63, 3.8) is 0 Å². The van der Waals surface area contributed by atoms with Crippen molar-refractivity contribution in [3.05, 3.63) is 60.2 Å². The molecule has 0 atom stereocenters. The van der Waals surface area contributed by atoms with E-state index in [-0.39, 0.29) is 24.5 Å². The fourth-order valence-corrected chi connectivity index (χ4v) is 2.37. The number of ether oxygens (including phenoxy) is 1. The molecule has 0 saturated carbocycles. The van der Waals surface area contributed by atoms with Crippen LogP contribution in [0.4, 0.5) is 5.69 Å². The molecule has 2 aromatic rings. The molecule has 0 aliphatic heterocycles. The van der Waals surface area contributed by atoms with Gasteiger partial charge in [-0.2, -0.15) is 0 Å². The zero-order valence-corrected chi connectivity index (χ0v) is 14.9. The molecule has 0 radical (unpaired) electrons. The summed E-state index contributed by atoms with van der Waals surface area (Å²) in [6, 6.07) is 16.9. The quantitative estimate of drug-likeness (QED) is 0.840. The van der Waals surface area contributed by atoms with Crippen LogP contribution in [-0.2, 0) is 16.1 Å². The molecule has 0 bridgehead atoms. The Balaban J connectivity index is 2.03. The number of nitrogens with zero attached hydrogens (tertiary/aromatic N) is 1. The van der Waals surface area contributed by atoms with E-state index in [4.69, 9.17) is 4.74 Å². The highest BCUT2D eigenvalue weighted by molar-refractivity contribution is 5.95. The maximum atomic E-state index is 12.4. The number of carbonyl (C=O) groups is 2. The summed E-state index contributed by atoms with van der Waals surface area (Å²) in [5, 5.41) is 2.83. The van der Waals surface area contributed by atoms with Crippen LogP contribution < -0.4 is 10.1 Å². The average Bonchev–Trinajstić information content (AvgIpc) is 2.56. The predicted molar refractivity (Wildman–Crippen MR) is 98.4 cm³/mol. The Morgan fingerprint density at radius 1 is 1.04 bits per heavy atom. The van der Waals surface area contributed by atoms with Gasteiger partial charge in [0.1, 0.15) is 12.3 Å². The fourth-order valence-electron chi connectivity index (χ4n) is 2.37. The molecule has 0 unspecified atom stereocenters. The van der Waals surface area contributed by atoms with Gasteiger partial charge in [0.25, 0.3) is 0 Å². The van der Waals surface area contributed by atoms with E-state index in [1.807, 2.05) is 62.4 Å². The normalized spacial score (nSPS) is 10.4. The van der Waals surface area contributed by atoms with Crippen molar-refractivity contribution >= 4 is 17.5 Å². The Bertz CT molecular complexity index is 714. The number of rotatable bonds is 7. The molecule has 0 aromatic heterocycles. The minimum Gasteiger partial charge on any atom is -0.489 e. The minimum absolute atomic E-state index is 0.00449. The number of nitrogens with one attached hydrogen (secondary N) is 1. The standard InChI is InChI=1S/C20H24N2O3/c1-15(2)25-19-12-8-7-11-18(19)21-20(24)14-22(16(3)23)13-17-9-5-4-6-10-17/h4-12,15H,13-14H2,1-3H3,(H,21,24). The largest absolute Gasteiger partial charge is 0.489 e. The third-order valence-electron chi connectivity index (χ3n) is 3.52. The number of para-hydroxylation sites is 2. The maximum absolute atomic E-state index is 12.4. The number of amides is 2. The summed E-state index contributed by atoms with van der Waals surface area (Å²) in [5.41, 5.74) is 1.58. The van der Waals surface area contributed by atoms with Gasteiger partial charge in [0, 0.05) is 13.5 Å². The molecule has 0 aliphatic carbocycles. The molecular weight excluding hydrogens is 316 g/mol. The first-order chi connectivity index (χ1) is 12.0. The van der Waals surface area contributed by atoms with Gasteiger partial charge in [-0.25, -0.2) is 0 Å². The highest BCUT2D eigenvalue weighted by atomic mass is 16.5. The first-order valence-corrected chi connectivity index (χ1v) is 8.30. The van der Waals surface area contributed by atoms with Crippen LogP contribution in [0, 0.1) is 0 Å². The second kappa shape index (κ2) is 8.87. The van der Waals surface area contributed by atoms with Crippen molar-refractivity contribution in [2.75, 3.05) is 11.9 Å². The highest BCUT2D eigenvalue weighted by Gasteiger charge is 2.15. The van der Waals surface area contributed by atoms with Gasteiger partial charge < -0.3 is 15.0 Å². The van der Waals surface area contributed by atoms with Crippen LogP contribution in [-0.4, -0.2) is 29.4 Å². The molecular formula is C20H24N2O3. The molecule has 2 rings (SSSR count). The zero-order chi connectivity index (χ0) is 18.2. The molecule has 25 heavy (non-hydrogen) atoms. The Morgan fingerprint density at radius 2 is 1.68 bits per heavy atom. The summed E-state index contributed by atoms with van der Waals surface area (Å²) in [6.45, 7) is 5.70. The van der Waals surface area contributed by atoms with Gasteiger partial charge in [-0.15, -0.1) is 0 Å². The second-order valence-electron chi connectivity index (χ2n) is 6.07. The van der Waals surface area contributed by atoms with Gasteiger partial charge >= 0.3 is 0 Å². The van der Waals surface area contributed by atoms with E-state index in [1.165, 1.54) is 11.8 Å². The van der Waals surface area contributed by atoms with Crippen LogP contribution in [0.5, 0.6) is 5.75 Å². The number of hydrogen-bond acceptors (Lipinski definition) is 3. The molecule has 132 valence electrons. The van der Waals surface area contributed by atoms with Crippen LogP contribution in [0.25, 0.3) is 0 Å². The number of carbonyl (C=O) groups excluding carboxylic acids is 2. The summed E-state index contributed by atoms with van der Waals surface area (Å²) in [7, 11) is 0. The van der Waals surface area contributed by atoms with Crippen LogP contribution >= 0.6 is 0 Å². The van der Waals surface area contributed by atoms with E-state index in [2.05, 4.69) is 5.32 Å². The van der Waals surface area contributed by atoms with Gasteiger partial charge in [-0.3, -0.25) is 9.59 Å². The number of benzene rings is 2. The topological polar surface area (TPSA) is 58.6 Å². The van der Waals surface area contributed by atoms with Crippen molar-refractivity contribution in [3.8, 4) is 5.75 Å². The highest BCUT2D eigenvalue weighted by Crippen LogP contribution is 2.24. The van der Waals surface area contributed by atoms with Crippen molar-refractivity contribution in [1.29, 1.82) is 0 Å². The van der Waals surface area contributed by atoms with Gasteiger partial charge in [0.2, 0.25) is 11.8 Å². The lowest BCUT2D eigenvalue weighted by Gasteiger charge is -2.21. The Morgan fingerprint density at radius 3 is 2.32 bits per heavy atom. The third kappa shape index (κ3) is 5.95. The van der Waals surface area contributed by atoms with E-state index in [0.29, 0.717) is 18.0 Å². The lowest BCUT2D eigenvalue weighted by Crippen LogP contribution is -2.36. The molecule has 0 aliphatic rings. The van der Waals surface area contributed by atoms with Gasteiger partial charge in [0.05, 0.1) is 11.8 Å². The van der Waals surface area contributed by atoms with Gasteiger partial charge in [0.15, 0.2) is 0 Å². The summed E-state index contributed by atoms with van der Waals surface area (Å²) < 4.78 is 5.70. The third-order valence-corrected chi connectivity index (χ3v) is 3.52. The molecule has 0 fully saturated rings. The van der Waals surface area contributed by atoms with Crippen LogP contribution in [0.2, 0.25) is 0 Å². The van der Waals surface area contributed by atoms with E-state index >= 15 is 0 Å². The summed E-state index contributed by atoms with van der Waals surface area (Å²) in [5.74, 6) is 0.208. The smallest absolute Gasteiger partial charge is 0.244 e. The van der Waals surface area contributed by atoms with Gasteiger partial charge in [-0.1, -0.05) is 42.5 Å². The van der Waals surface area contributed by atoms with Crippen LogP contribution in [0.3, 0.4) is 0 Å². The minimum atomic E-state index is -0.258. The first kappa shape index (κ1) is 18.5.